The molecule has 2 heterocycles. The van der Waals surface area contributed by atoms with Crippen LogP contribution in [0.5, 0.6) is 0 Å². The van der Waals surface area contributed by atoms with E-state index in [0.717, 1.165) is 5.56 Å². The lowest BCUT2D eigenvalue weighted by atomic mass is 10.00. The molecular weight excluding hydrogens is 359 g/mol. The van der Waals surface area contributed by atoms with Crippen molar-refractivity contribution < 1.29 is 4.39 Å². The number of hydrogen-bond acceptors (Lipinski definition) is 4. The van der Waals surface area contributed by atoms with Gasteiger partial charge in [0, 0.05) is 16.7 Å². The first-order valence-electron chi connectivity index (χ1n) is 7.48. The Hall–Kier alpha value is -2.44. The minimum Gasteiger partial charge on any atom is -0.206 e. The van der Waals surface area contributed by atoms with Gasteiger partial charge < -0.3 is 0 Å². The molecule has 25 heavy (non-hydrogen) atoms. The van der Waals surface area contributed by atoms with Crippen molar-refractivity contribution in [3.8, 4) is 22.4 Å². The first-order valence-corrected chi connectivity index (χ1v) is 9.08. The lowest BCUT2D eigenvalue weighted by molar-refractivity contribution is 0.630. The van der Waals surface area contributed by atoms with Gasteiger partial charge in [0.05, 0.1) is 10.7 Å². The van der Waals surface area contributed by atoms with Gasteiger partial charge in [0.2, 0.25) is 0 Å². The maximum atomic E-state index is 14.7. The number of fused-ring (bicyclic) bond motifs is 1. The largest absolute Gasteiger partial charge is 0.253 e. The SMILES string of the molecule is CSc1nc2ncnn2c(-c2ccccc2)c1-c1c(F)cccc1Cl. The third-order valence-electron chi connectivity index (χ3n) is 3.85. The quantitative estimate of drug-likeness (QED) is 0.377. The number of aromatic nitrogens is 4. The minimum atomic E-state index is -0.402. The van der Waals surface area contributed by atoms with E-state index >= 15 is 0 Å². The van der Waals surface area contributed by atoms with Crippen molar-refractivity contribution in [1.29, 1.82) is 0 Å². The van der Waals surface area contributed by atoms with Gasteiger partial charge in [0.25, 0.3) is 5.78 Å². The Morgan fingerprint density at radius 3 is 2.56 bits per heavy atom. The summed E-state index contributed by atoms with van der Waals surface area (Å²) in [7, 11) is 0. The van der Waals surface area contributed by atoms with E-state index in [-0.39, 0.29) is 0 Å². The number of nitrogens with zero attached hydrogens (tertiary/aromatic N) is 4. The van der Waals surface area contributed by atoms with Crippen molar-refractivity contribution in [2.24, 2.45) is 0 Å². The second-order valence-electron chi connectivity index (χ2n) is 5.28. The summed E-state index contributed by atoms with van der Waals surface area (Å²) in [5.74, 6) is 0.0562. The molecule has 0 fully saturated rings. The smallest absolute Gasteiger partial charge is 0.206 e. The molecular formula is C18H12ClFN4S. The highest BCUT2D eigenvalue weighted by Crippen LogP contribution is 2.42. The molecule has 0 aliphatic rings. The van der Waals surface area contributed by atoms with Crippen molar-refractivity contribution >= 4 is 29.1 Å². The van der Waals surface area contributed by atoms with Crippen LogP contribution in [-0.2, 0) is 0 Å². The molecule has 2 aromatic heterocycles. The van der Waals surface area contributed by atoms with E-state index in [0.29, 0.717) is 32.6 Å². The van der Waals surface area contributed by atoms with Gasteiger partial charge in [-0.3, -0.25) is 0 Å². The Kier molecular flexibility index (Phi) is 4.15. The van der Waals surface area contributed by atoms with Crippen molar-refractivity contribution in [2.75, 3.05) is 6.26 Å². The molecule has 2 aromatic carbocycles. The van der Waals surface area contributed by atoms with E-state index in [1.54, 1.807) is 16.6 Å². The molecule has 4 aromatic rings. The zero-order chi connectivity index (χ0) is 17.4. The summed E-state index contributed by atoms with van der Waals surface area (Å²) in [5, 5.41) is 5.26. The highest BCUT2D eigenvalue weighted by Gasteiger charge is 2.23. The molecule has 0 unspecified atom stereocenters. The molecule has 7 heteroatoms. The topological polar surface area (TPSA) is 43.1 Å². The third kappa shape index (κ3) is 2.67. The molecule has 0 aliphatic heterocycles. The molecule has 124 valence electrons. The highest BCUT2D eigenvalue weighted by atomic mass is 35.5. The number of rotatable bonds is 3. The van der Waals surface area contributed by atoms with Crippen LogP contribution in [0.25, 0.3) is 28.2 Å². The standard InChI is InChI=1S/C18H12ClFN4S/c1-25-17-15(14-12(19)8-5-9-13(14)20)16(11-6-3-2-4-7-11)24-18(23-17)21-10-22-24/h2-10H,1H3. The maximum absolute atomic E-state index is 14.7. The minimum absolute atomic E-state index is 0.317. The summed E-state index contributed by atoms with van der Waals surface area (Å²) in [5.41, 5.74) is 2.52. The lowest BCUT2D eigenvalue weighted by Gasteiger charge is -2.16. The number of hydrogen-bond donors (Lipinski definition) is 0. The summed E-state index contributed by atoms with van der Waals surface area (Å²) in [4.78, 5) is 8.72. The van der Waals surface area contributed by atoms with E-state index in [9.17, 15) is 4.39 Å². The summed E-state index contributed by atoms with van der Waals surface area (Å²) in [6.07, 6.45) is 3.33. The van der Waals surface area contributed by atoms with Crippen LogP contribution in [0, 0.1) is 5.82 Å². The normalized spacial score (nSPS) is 11.2. The molecule has 0 bridgehead atoms. The summed E-state index contributed by atoms with van der Waals surface area (Å²) < 4.78 is 16.3. The highest BCUT2D eigenvalue weighted by molar-refractivity contribution is 7.98. The Labute approximate surface area is 152 Å². The first kappa shape index (κ1) is 16.1. The molecule has 4 rings (SSSR count). The summed E-state index contributed by atoms with van der Waals surface area (Å²) in [6, 6.07) is 14.3. The van der Waals surface area contributed by atoms with Crippen LogP contribution < -0.4 is 0 Å². The van der Waals surface area contributed by atoms with Gasteiger partial charge in [-0.15, -0.1) is 11.8 Å². The van der Waals surface area contributed by atoms with E-state index in [2.05, 4.69) is 15.1 Å². The summed E-state index contributed by atoms with van der Waals surface area (Å²) in [6.45, 7) is 0. The molecule has 0 N–H and O–H groups in total. The Morgan fingerprint density at radius 1 is 1.04 bits per heavy atom. The van der Waals surface area contributed by atoms with E-state index in [4.69, 9.17) is 11.6 Å². The molecule has 0 saturated heterocycles. The van der Waals surface area contributed by atoms with Gasteiger partial charge in [-0.25, -0.2) is 9.37 Å². The molecule has 0 spiro atoms. The average Bonchev–Trinajstić information content (AvgIpc) is 3.09. The average molecular weight is 371 g/mol. The predicted octanol–water partition coefficient (Wildman–Crippen LogP) is 4.97. The molecule has 0 saturated carbocycles. The summed E-state index contributed by atoms with van der Waals surface area (Å²) >= 11 is 7.77. The predicted molar refractivity (Wildman–Crippen MR) is 98.4 cm³/mol. The third-order valence-corrected chi connectivity index (χ3v) is 4.84. The van der Waals surface area contributed by atoms with Gasteiger partial charge in [-0.05, 0) is 18.4 Å². The van der Waals surface area contributed by atoms with Crippen LogP contribution in [0.3, 0.4) is 0 Å². The van der Waals surface area contributed by atoms with E-state index in [1.807, 2.05) is 36.6 Å². The molecule has 4 nitrogen and oxygen atoms in total. The number of thioether (sulfide) groups is 1. The number of benzene rings is 2. The maximum Gasteiger partial charge on any atom is 0.253 e. The van der Waals surface area contributed by atoms with Gasteiger partial charge in [-0.2, -0.15) is 14.6 Å². The van der Waals surface area contributed by atoms with E-state index in [1.165, 1.54) is 24.2 Å². The molecule has 0 amide bonds. The monoisotopic (exact) mass is 370 g/mol. The first-order chi connectivity index (χ1) is 12.2. The Balaban J connectivity index is 2.20. The fourth-order valence-corrected chi connectivity index (χ4v) is 3.63. The number of halogens is 2. The van der Waals surface area contributed by atoms with E-state index < -0.39 is 5.82 Å². The zero-order valence-corrected chi connectivity index (χ0v) is 14.7. The van der Waals surface area contributed by atoms with Crippen molar-refractivity contribution in [3.63, 3.8) is 0 Å². The van der Waals surface area contributed by atoms with Gasteiger partial charge in [0.1, 0.15) is 17.2 Å². The Bertz CT molecular complexity index is 1050. The Morgan fingerprint density at radius 2 is 1.84 bits per heavy atom. The fraction of sp³-hybridized carbons (Fsp3) is 0.0556. The van der Waals surface area contributed by atoms with Crippen molar-refractivity contribution in [2.45, 2.75) is 5.03 Å². The van der Waals surface area contributed by atoms with Crippen LogP contribution in [0.15, 0.2) is 59.9 Å². The fourth-order valence-electron chi connectivity index (χ4n) is 2.80. The van der Waals surface area contributed by atoms with Crippen molar-refractivity contribution in [1.82, 2.24) is 19.6 Å². The van der Waals surface area contributed by atoms with Gasteiger partial charge in [0.15, 0.2) is 0 Å². The molecule has 0 radical (unpaired) electrons. The van der Waals surface area contributed by atoms with Crippen LogP contribution in [0.2, 0.25) is 5.02 Å². The second kappa shape index (κ2) is 6.46. The molecule has 0 aliphatic carbocycles. The van der Waals surface area contributed by atoms with Gasteiger partial charge in [-0.1, -0.05) is 48.0 Å². The van der Waals surface area contributed by atoms with Crippen LogP contribution in [0.1, 0.15) is 0 Å². The molecule has 0 atom stereocenters. The lowest BCUT2D eigenvalue weighted by Crippen LogP contribution is -2.04. The second-order valence-corrected chi connectivity index (χ2v) is 6.48. The zero-order valence-electron chi connectivity index (χ0n) is 13.1. The van der Waals surface area contributed by atoms with Gasteiger partial charge >= 0.3 is 0 Å². The van der Waals surface area contributed by atoms with Crippen LogP contribution in [0.4, 0.5) is 4.39 Å². The van der Waals surface area contributed by atoms with Crippen LogP contribution in [-0.4, -0.2) is 25.8 Å². The van der Waals surface area contributed by atoms with Crippen LogP contribution >= 0.6 is 23.4 Å². The van der Waals surface area contributed by atoms with Crippen molar-refractivity contribution in [3.05, 3.63) is 65.7 Å².